The van der Waals surface area contributed by atoms with Crippen LogP contribution in [0.25, 0.3) is 0 Å². The molecule has 2 heteroatoms. The van der Waals surface area contributed by atoms with Crippen LogP contribution in [0.2, 0.25) is 0 Å². The van der Waals surface area contributed by atoms with Gasteiger partial charge in [-0.3, -0.25) is 0 Å². The molecule has 1 rings (SSSR count). The minimum absolute atomic E-state index is 0.0617. The summed E-state index contributed by atoms with van der Waals surface area (Å²) in [6.07, 6.45) is 2.06. The number of halogens is 1. The molecular weight excluding hydrogens is 179 g/mol. The number of hydrogen-bond donors (Lipinski definition) is 0. The van der Waals surface area contributed by atoms with Gasteiger partial charge >= 0.3 is 41.5 Å². The first-order valence-corrected chi connectivity index (χ1v) is 3.53. The Kier molecular flexibility index (Phi) is 1.28. The Balaban J connectivity index is 2.32. The van der Waals surface area contributed by atoms with Crippen molar-refractivity contribution in [2.24, 2.45) is 0 Å². The van der Waals surface area contributed by atoms with E-state index < -0.39 is 0 Å². The van der Waals surface area contributed by atoms with Crippen LogP contribution >= 0.6 is 0 Å². The third-order valence-electron chi connectivity index (χ3n) is 0.363. The molecule has 0 saturated heterocycles. The summed E-state index contributed by atoms with van der Waals surface area (Å²) in [6, 6.07) is 0. The first-order valence-electron chi connectivity index (χ1n) is 1.40. The van der Waals surface area contributed by atoms with E-state index in [1.807, 2.05) is 0 Å². The monoisotopic (exact) mass is 183 g/mol. The predicted molar refractivity (Wildman–Crippen MR) is 15.1 cm³/mol. The van der Waals surface area contributed by atoms with E-state index in [1.165, 1.54) is 0 Å². The normalized spacial score (nSPS) is 22.4. The van der Waals surface area contributed by atoms with Crippen molar-refractivity contribution < 1.29 is 24.7 Å². The van der Waals surface area contributed by atoms with Crippen molar-refractivity contribution in [3.8, 4) is 0 Å². The number of rotatable bonds is 0. The molecule has 0 aromatic heterocycles. The van der Waals surface area contributed by atoms with E-state index >= 15 is 0 Å². The van der Waals surface area contributed by atoms with Gasteiger partial charge in [-0.2, -0.15) is 0 Å². The van der Waals surface area contributed by atoms with Gasteiger partial charge in [0.15, 0.2) is 0 Å². The Morgan fingerprint density at radius 2 is 2.80 bits per heavy atom. The Morgan fingerprint density at radius 1 is 1.80 bits per heavy atom. The van der Waals surface area contributed by atoms with Crippen LogP contribution in [-0.4, -0.2) is 6.61 Å². The van der Waals surface area contributed by atoms with Gasteiger partial charge in [-0.25, -0.2) is 0 Å². The van der Waals surface area contributed by atoms with E-state index in [1.54, 1.807) is 0 Å². The summed E-state index contributed by atoms with van der Waals surface area (Å²) in [5, 5.41) is 0. The zero-order chi connectivity index (χ0) is 3.54. The molecule has 0 spiro atoms. The minimum atomic E-state index is 0.0617. The van der Waals surface area contributed by atoms with Gasteiger partial charge in [0.25, 0.3) is 0 Å². The quantitative estimate of drug-likeness (QED) is 0.378. The molecule has 0 N–H and O–H groups in total. The molecule has 0 amide bonds. The molecule has 0 aromatic carbocycles. The topological polar surface area (TPSA) is 9.23 Å². The van der Waals surface area contributed by atoms with E-state index in [0.717, 1.165) is 6.61 Å². The molecule has 0 fully saturated rings. The zero-order valence-electron chi connectivity index (χ0n) is 2.65. The summed E-state index contributed by atoms with van der Waals surface area (Å²) in [4.78, 5) is 0. The summed E-state index contributed by atoms with van der Waals surface area (Å²) in [7, 11) is 0. The molecular formula is C3H4IO-. The Hall–Kier alpha value is 0.430. The van der Waals surface area contributed by atoms with Gasteiger partial charge in [0.2, 0.25) is 0 Å². The van der Waals surface area contributed by atoms with Crippen molar-refractivity contribution in [3.05, 3.63) is 10.2 Å². The second-order valence-corrected chi connectivity index (χ2v) is 2.58. The maximum absolute atomic E-state index is 4.94. The van der Waals surface area contributed by atoms with E-state index in [2.05, 4.69) is 10.2 Å². The second-order valence-electron chi connectivity index (χ2n) is 0.727. The molecule has 1 nitrogen and oxygen atoms in total. The van der Waals surface area contributed by atoms with E-state index in [0.29, 0.717) is 0 Å². The molecule has 1 aliphatic heterocycles. The van der Waals surface area contributed by atoms with Gasteiger partial charge in [-0.05, 0) is 0 Å². The van der Waals surface area contributed by atoms with Crippen LogP contribution in [0.15, 0.2) is 10.2 Å². The molecule has 30 valence electrons. The van der Waals surface area contributed by atoms with Gasteiger partial charge in [-0.1, -0.05) is 0 Å². The van der Waals surface area contributed by atoms with Crippen molar-refractivity contribution in [1.29, 1.82) is 0 Å². The molecule has 0 saturated carbocycles. The predicted octanol–water partition coefficient (Wildman–Crippen LogP) is -2.47. The summed E-state index contributed by atoms with van der Waals surface area (Å²) >= 11 is 0.0617. The summed E-state index contributed by atoms with van der Waals surface area (Å²) in [5.74, 6) is 0. The molecule has 1 aliphatic rings. The van der Waals surface area contributed by atoms with E-state index in [-0.39, 0.29) is 21.6 Å². The molecule has 0 unspecified atom stereocenters. The van der Waals surface area contributed by atoms with Crippen LogP contribution in [0.3, 0.4) is 0 Å². The van der Waals surface area contributed by atoms with E-state index in [4.69, 9.17) is 3.07 Å². The fourth-order valence-electron chi connectivity index (χ4n) is 0.182. The standard InChI is InChI=1S/C3H4IO/c1-2-4-5-3-1/h1-2H,3H2/q-1. The van der Waals surface area contributed by atoms with Gasteiger partial charge in [0.05, 0.1) is 0 Å². The third kappa shape index (κ3) is 0.887. The van der Waals surface area contributed by atoms with E-state index in [9.17, 15) is 0 Å². The third-order valence-corrected chi connectivity index (χ3v) is 1.88. The molecule has 5 heavy (non-hydrogen) atoms. The Bertz CT molecular complexity index is 44.9. The number of hydrogen-bond acceptors (Lipinski definition) is 1. The molecule has 0 radical (unpaired) electrons. The van der Waals surface area contributed by atoms with Crippen LogP contribution in [-0.2, 0) is 3.07 Å². The summed E-state index contributed by atoms with van der Waals surface area (Å²) in [5.41, 5.74) is 0. The average Bonchev–Trinajstić information content (AvgIpc) is 1.76. The van der Waals surface area contributed by atoms with Crippen LogP contribution in [0.1, 0.15) is 0 Å². The van der Waals surface area contributed by atoms with Crippen molar-refractivity contribution in [3.63, 3.8) is 0 Å². The molecule has 0 aliphatic carbocycles. The molecule has 0 atom stereocenters. The molecule has 0 bridgehead atoms. The maximum atomic E-state index is 4.94. The Morgan fingerprint density at radius 3 is 3.00 bits per heavy atom. The first-order chi connectivity index (χ1) is 2.50. The summed E-state index contributed by atoms with van der Waals surface area (Å²) < 4.78 is 7.07. The average molecular weight is 183 g/mol. The van der Waals surface area contributed by atoms with Gasteiger partial charge in [0, 0.05) is 0 Å². The van der Waals surface area contributed by atoms with Crippen LogP contribution in [0.5, 0.6) is 0 Å². The SMILES string of the molecule is C1=C[I-]OC1. The van der Waals surface area contributed by atoms with Crippen LogP contribution in [0.4, 0.5) is 0 Å². The van der Waals surface area contributed by atoms with Crippen LogP contribution in [0, 0.1) is 0 Å². The van der Waals surface area contributed by atoms with Crippen molar-refractivity contribution >= 4 is 0 Å². The molecule has 1 heterocycles. The zero-order valence-corrected chi connectivity index (χ0v) is 4.81. The fraction of sp³-hybridized carbons (Fsp3) is 0.333. The molecule has 0 aromatic rings. The fourth-order valence-corrected chi connectivity index (χ4v) is 1.22. The van der Waals surface area contributed by atoms with Crippen molar-refractivity contribution in [1.82, 2.24) is 0 Å². The van der Waals surface area contributed by atoms with Crippen molar-refractivity contribution in [2.45, 2.75) is 0 Å². The van der Waals surface area contributed by atoms with Crippen LogP contribution < -0.4 is 21.6 Å². The second kappa shape index (κ2) is 1.77. The van der Waals surface area contributed by atoms with Gasteiger partial charge in [-0.15, -0.1) is 0 Å². The van der Waals surface area contributed by atoms with Gasteiger partial charge in [0.1, 0.15) is 0 Å². The summed E-state index contributed by atoms with van der Waals surface area (Å²) in [6.45, 7) is 0.868. The Labute approximate surface area is 41.8 Å². The van der Waals surface area contributed by atoms with Gasteiger partial charge < -0.3 is 0 Å². The van der Waals surface area contributed by atoms with Crippen molar-refractivity contribution in [2.75, 3.05) is 6.61 Å². The first kappa shape index (κ1) is 3.61.